The highest BCUT2D eigenvalue weighted by Gasteiger charge is 2.45. The Hall–Kier alpha value is -1.77. The highest BCUT2D eigenvalue weighted by molar-refractivity contribution is 6.30. The first-order valence-electron chi connectivity index (χ1n) is 7.41. The van der Waals surface area contributed by atoms with Gasteiger partial charge in [-0.3, -0.25) is 0 Å². The van der Waals surface area contributed by atoms with E-state index in [9.17, 15) is 8.78 Å². The number of aromatic nitrogens is 3. The summed E-state index contributed by atoms with van der Waals surface area (Å²) in [4.78, 5) is 3.88. The minimum atomic E-state index is -2.99. The Morgan fingerprint density at radius 2 is 2.33 bits per heavy atom. The second kappa shape index (κ2) is 7.00. The van der Waals surface area contributed by atoms with Crippen molar-refractivity contribution in [1.29, 1.82) is 0 Å². The van der Waals surface area contributed by atoms with E-state index in [4.69, 9.17) is 21.1 Å². The quantitative estimate of drug-likeness (QED) is 0.792. The Kier molecular flexibility index (Phi) is 4.98. The van der Waals surface area contributed by atoms with Crippen molar-refractivity contribution >= 4 is 11.6 Å². The van der Waals surface area contributed by atoms with Crippen LogP contribution in [-0.2, 0) is 21.8 Å². The van der Waals surface area contributed by atoms with Crippen LogP contribution in [0, 0.1) is 0 Å². The van der Waals surface area contributed by atoms with Gasteiger partial charge in [-0.15, -0.1) is 0 Å². The van der Waals surface area contributed by atoms with Crippen LogP contribution in [0.5, 0.6) is 5.75 Å². The molecule has 6 nitrogen and oxygen atoms in total. The molecule has 2 atom stereocenters. The monoisotopic (exact) mass is 359 g/mol. The lowest BCUT2D eigenvalue weighted by atomic mass is 10.0. The summed E-state index contributed by atoms with van der Waals surface area (Å²) in [5.74, 6) is -1.39. The van der Waals surface area contributed by atoms with Crippen LogP contribution in [-0.4, -0.2) is 34.1 Å². The predicted octanol–water partition coefficient (Wildman–Crippen LogP) is 3.21. The molecule has 0 amide bonds. The summed E-state index contributed by atoms with van der Waals surface area (Å²) in [6.07, 6.45) is 3.43. The lowest BCUT2D eigenvalue weighted by molar-refractivity contribution is -0.191. The number of hydrogen-bond donors (Lipinski definition) is 0. The summed E-state index contributed by atoms with van der Waals surface area (Å²) in [6, 6.07) is 4.46. The Labute approximate surface area is 142 Å². The number of halogens is 3. The molecule has 1 aromatic heterocycles. The fourth-order valence-electron chi connectivity index (χ4n) is 2.61. The number of nitrogens with zero attached hydrogens (tertiary/aromatic N) is 3. The van der Waals surface area contributed by atoms with Crippen LogP contribution in [0.25, 0.3) is 0 Å². The molecule has 1 fully saturated rings. The zero-order valence-electron chi connectivity index (χ0n) is 12.9. The van der Waals surface area contributed by atoms with Gasteiger partial charge in [0.25, 0.3) is 0 Å². The fourth-order valence-corrected chi connectivity index (χ4v) is 2.77. The van der Waals surface area contributed by atoms with E-state index < -0.39 is 12.4 Å². The zero-order chi connectivity index (χ0) is 17.2. The Morgan fingerprint density at radius 1 is 1.50 bits per heavy atom. The molecule has 1 saturated heterocycles. The molecule has 3 rings (SSSR count). The second-order valence-corrected chi connectivity index (χ2v) is 5.76. The molecule has 0 N–H and O–H groups in total. The Balaban J connectivity index is 2.02. The third kappa shape index (κ3) is 3.50. The molecule has 1 aromatic carbocycles. The number of hydrogen-bond acceptors (Lipinski definition) is 5. The van der Waals surface area contributed by atoms with E-state index in [2.05, 4.69) is 14.8 Å². The predicted molar refractivity (Wildman–Crippen MR) is 80.9 cm³/mol. The van der Waals surface area contributed by atoms with Gasteiger partial charge in [0, 0.05) is 5.02 Å². The van der Waals surface area contributed by atoms with E-state index >= 15 is 0 Å². The SMILES string of the molecule is CCC1COC(Cn2cncn2)(c2ccc(Cl)cc2OC(F)F)O1. The van der Waals surface area contributed by atoms with E-state index in [1.165, 1.54) is 23.4 Å². The maximum atomic E-state index is 12.8. The lowest BCUT2D eigenvalue weighted by Gasteiger charge is -2.30. The van der Waals surface area contributed by atoms with Gasteiger partial charge in [-0.25, -0.2) is 9.67 Å². The number of rotatable bonds is 6. The molecule has 0 aliphatic carbocycles. The van der Waals surface area contributed by atoms with E-state index in [0.29, 0.717) is 12.2 Å². The van der Waals surface area contributed by atoms with Gasteiger partial charge in [-0.2, -0.15) is 13.9 Å². The van der Waals surface area contributed by atoms with Crippen molar-refractivity contribution in [3.05, 3.63) is 41.4 Å². The Morgan fingerprint density at radius 3 is 2.96 bits per heavy atom. The maximum Gasteiger partial charge on any atom is 0.387 e. The highest BCUT2D eigenvalue weighted by atomic mass is 35.5. The zero-order valence-corrected chi connectivity index (χ0v) is 13.6. The third-order valence-electron chi connectivity index (χ3n) is 3.72. The van der Waals surface area contributed by atoms with Crippen molar-refractivity contribution in [3.8, 4) is 5.75 Å². The molecule has 130 valence electrons. The largest absolute Gasteiger partial charge is 0.434 e. The summed E-state index contributed by atoms with van der Waals surface area (Å²) in [6.45, 7) is -0.556. The van der Waals surface area contributed by atoms with Crippen LogP contribution in [0.1, 0.15) is 18.9 Å². The normalized spacial score (nSPS) is 23.8. The first-order chi connectivity index (χ1) is 11.5. The molecule has 0 bridgehead atoms. The number of benzene rings is 1. The summed E-state index contributed by atoms with van der Waals surface area (Å²) < 4.78 is 43.6. The molecule has 0 saturated carbocycles. The first kappa shape index (κ1) is 17.1. The molecule has 2 heterocycles. The van der Waals surface area contributed by atoms with Crippen molar-refractivity contribution in [2.75, 3.05) is 6.61 Å². The van der Waals surface area contributed by atoms with Crippen LogP contribution < -0.4 is 4.74 Å². The van der Waals surface area contributed by atoms with E-state index in [-0.39, 0.29) is 23.4 Å². The van der Waals surface area contributed by atoms with Crippen molar-refractivity contribution in [3.63, 3.8) is 0 Å². The van der Waals surface area contributed by atoms with Crippen LogP contribution in [0.3, 0.4) is 0 Å². The van der Waals surface area contributed by atoms with Crippen LogP contribution in [0.4, 0.5) is 8.78 Å². The second-order valence-electron chi connectivity index (χ2n) is 5.32. The molecule has 2 unspecified atom stereocenters. The van der Waals surface area contributed by atoms with Crippen LogP contribution >= 0.6 is 11.6 Å². The van der Waals surface area contributed by atoms with Gasteiger partial charge >= 0.3 is 6.61 Å². The highest BCUT2D eigenvalue weighted by Crippen LogP contribution is 2.42. The van der Waals surface area contributed by atoms with E-state index in [1.807, 2.05) is 6.92 Å². The summed E-state index contributed by atoms with van der Waals surface area (Å²) in [5, 5.41) is 4.31. The first-order valence-corrected chi connectivity index (χ1v) is 7.79. The van der Waals surface area contributed by atoms with Gasteiger partial charge in [-0.1, -0.05) is 18.5 Å². The summed E-state index contributed by atoms with van der Waals surface area (Å²) >= 11 is 5.92. The average molecular weight is 360 g/mol. The molecular weight excluding hydrogens is 344 g/mol. The summed E-state index contributed by atoms with van der Waals surface area (Å²) in [5.41, 5.74) is 0.332. The van der Waals surface area contributed by atoms with Crippen LogP contribution in [0.15, 0.2) is 30.9 Å². The molecular formula is C15H16ClF2N3O3. The maximum absolute atomic E-state index is 12.8. The molecule has 1 aliphatic heterocycles. The van der Waals surface area contributed by atoms with Gasteiger partial charge in [0.2, 0.25) is 5.79 Å². The standard InChI is InChI=1S/C15H16ClF2N3O3/c1-2-11-6-22-15(24-11,7-21-9-19-8-20-21)12-4-3-10(16)5-13(12)23-14(17)18/h3-5,8-9,11,14H,2,6-7H2,1H3. The van der Waals surface area contributed by atoms with E-state index in [0.717, 1.165) is 6.42 Å². The minimum absolute atomic E-state index is 0.0885. The Bertz CT molecular complexity index is 687. The van der Waals surface area contributed by atoms with Gasteiger partial charge in [0.15, 0.2) is 0 Å². The molecule has 9 heteroatoms. The third-order valence-corrected chi connectivity index (χ3v) is 3.96. The molecule has 2 aromatic rings. The number of alkyl halides is 2. The smallest absolute Gasteiger partial charge is 0.387 e. The molecule has 0 radical (unpaired) electrons. The minimum Gasteiger partial charge on any atom is -0.434 e. The van der Waals surface area contributed by atoms with Gasteiger partial charge in [0.1, 0.15) is 24.9 Å². The summed E-state index contributed by atoms with van der Waals surface area (Å²) in [7, 11) is 0. The van der Waals surface area contributed by atoms with Crippen molar-refractivity contribution < 1.29 is 23.0 Å². The topological polar surface area (TPSA) is 58.4 Å². The van der Waals surface area contributed by atoms with Crippen molar-refractivity contribution in [2.24, 2.45) is 0 Å². The van der Waals surface area contributed by atoms with Gasteiger partial charge < -0.3 is 14.2 Å². The molecule has 0 spiro atoms. The lowest BCUT2D eigenvalue weighted by Crippen LogP contribution is -2.34. The van der Waals surface area contributed by atoms with Gasteiger partial charge in [0.05, 0.1) is 18.3 Å². The fraction of sp³-hybridized carbons (Fsp3) is 0.467. The number of ether oxygens (including phenoxy) is 3. The van der Waals surface area contributed by atoms with Gasteiger partial charge in [-0.05, 0) is 24.6 Å². The van der Waals surface area contributed by atoms with E-state index in [1.54, 1.807) is 12.1 Å². The molecule has 24 heavy (non-hydrogen) atoms. The van der Waals surface area contributed by atoms with Crippen molar-refractivity contribution in [1.82, 2.24) is 14.8 Å². The van der Waals surface area contributed by atoms with Crippen LogP contribution in [0.2, 0.25) is 5.02 Å². The molecule has 1 aliphatic rings. The average Bonchev–Trinajstić information content (AvgIpc) is 3.17. The van der Waals surface area contributed by atoms with Crippen molar-refractivity contribution in [2.45, 2.75) is 38.4 Å².